The summed E-state index contributed by atoms with van der Waals surface area (Å²) in [5, 5.41) is 11.6. The third-order valence-corrected chi connectivity index (χ3v) is 3.92. The smallest absolute Gasteiger partial charge is 0.322 e. The number of carbonyl (C=O) groups is 2. The number of aliphatic carboxylic acids is 1. The van der Waals surface area contributed by atoms with Crippen LogP contribution in [0.4, 0.5) is 10.5 Å². The van der Waals surface area contributed by atoms with Crippen molar-refractivity contribution in [3.05, 3.63) is 22.7 Å². The molecule has 6 nitrogen and oxygen atoms in total. The zero-order chi connectivity index (χ0) is 15.4. The van der Waals surface area contributed by atoms with Crippen LogP contribution in [0.25, 0.3) is 0 Å². The maximum atomic E-state index is 12.3. The molecule has 7 heteroatoms. The standard InChI is InChI=1S/C14H17BrN2O4/c1-21-10-4-5-11(15)12(8-10)16-14(20)17(9-2-3-9)7-6-13(18)19/h4-5,8-9H,2-3,6-7H2,1H3,(H,16,20)(H,18,19). The van der Waals surface area contributed by atoms with Gasteiger partial charge < -0.3 is 20.1 Å². The van der Waals surface area contributed by atoms with Gasteiger partial charge in [-0.25, -0.2) is 4.79 Å². The van der Waals surface area contributed by atoms with Crippen LogP contribution in [-0.2, 0) is 4.79 Å². The Bertz CT molecular complexity index is 546. The summed E-state index contributed by atoms with van der Waals surface area (Å²) in [7, 11) is 1.55. The lowest BCUT2D eigenvalue weighted by Gasteiger charge is -2.22. The van der Waals surface area contributed by atoms with Crippen molar-refractivity contribution in [3.8, 4) is 5.75 Å². The first-order valence-electron chi connectivity index (χ1n) is 6.64. The fraction of sp³-hybridized carbons (Fsp3) is 0.429. The van der Waals surface area contributed by atoms with E-state index in [0.29, 0.717) is 11.4 Å². The van der Waals surface area contributed by atoms with Gasteiger partial charge in [-0.3, -0.25) is 4.79 Å². The number of carboxylic acids is 1. The molecule has 0 heterocycles. The largest absolute Gasteiger partial charge is 0.497 e. The number of carbonyl (C=O) groups excluding carboxylic acids is 1. The molecule has 2 rings (SSSR count). The van der Waals surface area contributed by atoms with Crippen LogP contribution in [0, 0.1) is 0 Å². The van der Waals surface area contributed by atoms with E-state index in [4.69, 9.17) is 9.84 Å². The number of rotatable bonds is 6. The van der Waals surface area contributed by atoms with Crippen molar-refractivity contribution in [1.82, 2.24) is 4.90 Å². The zero-order valence-corrected chi connectivity index (χ0v) is 13.2. The van der Waals surface area contributed by atoms with Crippen molar-refractivity contribution in [1.29, 1.82) is 0 Å². The molecule has 0 aliphatic heterocycles. The van der Waals surface area contributed by atoms with Gasteiger partial charge >= 0.3 is 12.0 Å². The number of halogens is 1. The van der Waals surface area contributed by atoms with E-state index in [2.05, 4.69) is 21.2 Å². The average molecular weight is 357 g/mol. The number of benzene rings is 1. The minimum atomic E-state index is -0.906. The molecule has 21 heavy (non-hydrogen) atoms. The Hall–Kier alpha value is -1.76. The number of hydrogen-bond acceptors (Lipinski definition) is 3. The average Bonchev–Trinajstić information content (AvgIpc) is 3.26. The number of anilines is 1. The quantitative estimate of drug-likeness (QED) is 0.821. The second-order valence-electron chi connectivity index (χ2n) is 4.84. The van der Waals surface area contributed by atoms with Crippen LogP contribution in [-0.4, -0.2) is 41.7 Å². The molecule has 0 radical (unpaired) electrons. The first-order chi connectivity index (χ1) is 10.0. The van der Waals surface area contributed by atoms with Gasteiger partial charge in [-0.1, -0.05) is 0 Å². The summed E-state index contributed by atoms with van der Waals surface area (Å²) in [6.07, 6.45) is 1.79. The fourth-order valence-electron chi connectivity index (χ4n) is 1.97. The number of nitrogens with one attached hydrogen (secondary N) is 1. The maximum Gasteiger partial charge on any atom is 0.322 e. The highest BCUT2D eigenvalue weighted by atomic mass is 79.9. The molecular formula is C14H17BrN2O4. The highest BCUT2D eigenvalue weighted by molar-refractivity contribution is 9.10. The number of methoxy groups -OCH3 is 1. The predicted molar refractivity (Wildman–Crippen MR) is 81.7 cm³/mol. The Labute approximate surface area is 131 Å². The van der Waals surface area contributed by atoms with Gasteiger partial charge in [0.2, 0.25) is 0 Å². The van der Waals surface area contributed by atoms with E-state index in [-0.39, 0.29) is 25.0 Å². The van der Waals surface area contributed by atoms with Crippen LogP contribution in [0.1, 0.15) is 19.3 Å². The van der Waals surface area contributed by atoms with Crippen molar-refractivity contribution in [2.45, 2.75) is 25.3 Å². The van der Waals surface area contributed by atoms with Gasteiger partial charge in [0.25, 0.3) is 0 Å². The Morgan fingerprint density at radius 2 is 2.19 bits per heavy atom. The summed E-state index contributed by atoms with van der Waals surface area (Å²) in [5.41, 5.74) is 0.598. The fourth-order valence-corrected chi connectivity index (χ4v) is 2.31. The first kappa shape index (κ1) is 15.6. The third-order valence-electron chi connectivity index (χ3n) is 3.23. The summed E-state index contributed by atoms with van der Waals surface area (Å²) < 4.78 is 5.87. The van der Waals surface area contributed by atoms with Crippen LogP contribution >= 0.6 is 15.9 Å². The summed E-state index contributed by atoms with van der Waals surface area (Å²) in [4.78, 5) is 24.6. The Morgan fingerprint density at radius 1 is 1.48 bits per heavy atom. The Balaban J connectivity index is 2.06. The lowest BCUT2D eigenvalue weighted by molar-refractivity contribution is -0.137. The zero-order valence-electron chi connectivity index (χ0n) is 11.6. The molecule has 1 fully saturated rings. The van der Waals surface area contributed by atoms with Gasteiger partial charge in [0, 0.05) is 23.1 Å². The predicted octanol–water partition coefficient (Wildman–Crippen LogP) is 2.93. The molecule has 114 valence electrons. The number of nitrogens with zero attached hydrogens (tertiary/aromatic N) is 1. The lowest BCUT2D eigenvalue weighted by atomic mass is 10.3. The number of urea groups is 1. The number of ether oxygens (including phenoxy) is 1. The van der Waals surface area contributed by atoms with E-state index < -0.39 is 5.97 Å². The van der Waals surface area contributed by atoms with Crippen molar-refractivity contribution in [3.63, 3.8) is 0 Å². The molecule has 2 N–H and O–H groups in total. The summed E-state index contributed by atoms with van der Waals surface area (Å²) in [5.74, 6) is -0.270. The minimum absolute atomic E-state index is 0.0524. The van der Waals surface area contributed by atoms with Crippen molar-refractivity contribution >= 4 is 33.6 Å². The van der Waals surface area contributed by atoms with Gasteiger partial charge in [-0.15, -0.1) is 0 Å². The molecule has 1 aliphatic carbocycles. The highest BCUT2D eigenvalue weighted by Gasteiger charge is 2.32. The van der Waals surface area contributed by atoms with Crippen LogP contribution in [0.2, 0.25) is 0 Å². The molecule has 2 amide bonds. The SMILES string of the molecule is COc1ccc(Br)c(NC(=O)N(CCC(=O)O)C2CC2)c1. The summed E-state index contributed by atoms with van der Waals surface area (Å²) in [6.45, 7) is 0.216. The first-order valence-corrected chi connectivity index (χ1v) is 7.43. The molecule has 0 spiro atoms. The van der Waals surface area contributed by atoms with Crippen LogP contribution in [0.5, 0.6) is 5.75 Å². The van der Waals surface area contributed by atoms with Gasteiger partial charge in [-0.2, -0.15) is 0 Å². The van der Waals surface area contributed by atoms with E-state index in [1.807, 2.05) is 0 Å². The van der Waals surface area contributed by atoms with Crippen molar-refractivity contribution < 1.29 is 19.4 Å². The van der Waals surface area contributed by atoms with Crippen LogP contribution in [0.15, 0.2) is 22.7 Å². The second kappa shape index (κ2) is 6.80. The normalized spacial score (nSPS) is 13.6. The van der Waals surface area contributed by atoms with E-state index >= 15 is 0 Å². The van der Waals surface area contributed by atoms with Crippen molar-refractivity contribution in [2.75, 3.05) is 19.0 Å². The number of carboxylic acid groups (broad SMARTS) is 1. The van der Waals surface area contributed by atoms with Crippen molar-refractivity contribution in [2.24, 2.45) is 0 Å². The molecule has 1 aromatic carbocycles. The number of hydrogen-bond donors (Lipinski definition) is 2. The lowest BCUT2D eigenvalue weighted by Crippen LogP contribution is -2.38. The van der Waals surface area contributed by atoms with Crippen LogP contribution < -0.4 is 10.1 Å². The minimum Gasteiger partial charge on any atom is -0.497 e. The third kappa shape index (κ3) is 4.35. The Kier molecular flexibility index (Phi) is 5.06. The van der Waals surface area contributed by atoms with Gasteiger partial charge in [0.05, 0.1) is 19.2 Å². The monoisotopic (exact) mass is 356 g/mol. The number of amides is 2. The van der Waals surface area contributed by atoms with Gasteiger partial charge in [0.15, 0.2) is 0 Å². The van der Waals surface area contributed by atoms with E-state index in [1.54, 1.807) is 30.2 Å². The van der Waals surface area contributed by atoms with E-state index in [9.17, 15) is 9.59 Å². The molecule has 0 unspecified atom stereocenters. The topological polar surface area (TPSA) is 78.9 Å². The molecule has 1 aromatic rings. The molecule has 0 aromatic heterocycles. The molecule has 1 aliphatic rings. The van der Waals surface area contributed by atoms with Gasteiger partial charge in [-0.05, 0) is 40.9 Å². The molecule has 1 saturated carbocycles. The summed E-state index contributed by atoms with van der Waals surface area (Å²) >= 11 is 3.37. The van der Waals surface area contributed by atoms with Gasteiger partial charge in [0.1, 0.15) is 5.75 Å². The molecule has 0 saturated heterocycles. The highest BCUT2D eigenvalue weighted by Crippen LogP contribution is 2.30. The van der Waals surface area contributed by atoms with Crippen LogP contribution in [0.3, 0.4) is 0 Å². The maximum absolute atomic E-state index is 12.3. The van der Waals surface area contributed by atoms with E-state index in [1.165, 1.54) is 0 Å². The summed E-state index contributed by atoms with van der Waals surface area (Å²) in [6, 6.07) is 5.14. The molecule has 0 atom stereocenters. The molecule has 0 bridgehead atoms. The second-order valence-corrected chi connectivity index (χ2v) is 5.70. The Morgan fingerprint density at radius 3 is 2.76 bits per heavy atom. The molecular weight excluding hydrogens is 340 g/mol. The van der Waals surface area contributed by atoms with E-state index in [0.717, 1.165) is 17.3 Å².